The minimum absolute atomic E-state index is 0.0283. The lowest BCUT2D eigenvalue weighted by molar-refractivity contribution is -0.139. The average molecular weight is 487 g/mol. The first kappa shape index (κ1) is 25.0. The number of alkyl halides is 6. The highest BCUT2D eigenvalue weighted by Gasteiger charge is 2.33. The zero-order chi connectivity index (χ0) is 24.8. The second-order valence-electron chi connectivity index (χ2n) is 6.83. The third-order valence-corrected chi connectivity index (χ3v) is 4.35. The Hall–Kier alpha value is -3.61. The molecular weight excluding hydrogens is 468 g/mol. The number of benzene rings is 2. The fourth-order valence-corrected chi connectivity index (χ4v) is 2.76. The number of nitrogens with zero attached hydrogens (tertiary/aromatic N) is 3. The van der Waals surface area contributed by atoms with Gasteiger partial charge in [-0.2, -0.15) is 41.3 Å². The SMILES string of the molecule is COCCNc1nc(Nc2ccc(C(F)(F)F)cc2)nc(OCc2ccccc2C(F)(F)F)n1. The number of rotatable bonds is 9. The third-order valence-electron chi connectivity index (χ3n) is 4.35. The van der Waals surface area contributed by atoms with Gasteiger partial charge in [-0.3, -0.25) is 0 Å². The van der Waals surface area contributed by atoms with Crippen LogP contribution >= 0.6 is 0 Å². The maximum Gasteiger partial charge on any atom is 0.416 e. The number of ether oxygens (including phenoxy) is 2. The van der Waals surface area contributed by atoms with Gasteiger partial charge in [0.05, 0.1) is 17.7 Å². The van der Waals surface area contributed by atoms with Crippen molar-refractivity contribution in [3.05, 3.63) is 65.2 Å². The second-order valence-corrected chi connectivity index (χ2v) is 6.83. The zero-order valence-electron chi connectivity index (χ0n) is 17.7. The van der Waals surface area contributed by atoms with Crippen LogP contribution in [-0.2, 0) is 23.7 Å². The predicted molar refractivity (Wildman–Crippen MR) is 111 cm³/mol. The summed E-state index contributed by atoms with van der Waals surface area (Å²) in [5, 5.41) is 5.57. The van der Waals surface area contributed by atoms with Gasteiger partial charge in [0.2, 0.25) is 11.9 Å². The lowest BCUT2D eigenvalue weighted by Crippen LogP contribution is -2.14. The Morgan fingerprint density at radius 2 is 1.50 bits per heavy atom. The van der Waals surface area contributed by atoms with Crippen LogP contribution in [0.2, 0.25) is 0 Å². The van der Waals surface area contributed by atoms with Crippen LogP contribution in [0.5, 0.6) is 6.01 Å². The van der Waals surface area contributed by atoms with Gasteiger partial charge in [-0.25, -0.2) is 0 Å². The highest BCUT2D eigenvalue weighted by Crippen LogP contribution is 2.32. The molecule has 0 aliphatic rings. The number of hydrogen-bond acceptors (Lipinski definition) is 7. The predicted octanol–water partition coefficient (Wildman–Crippen LogP) is 5.29. The summed E-state index contributed by atoms with van der Waals surface area (Å²) in [6.07, 6.45) is -9.06. The lowest BCUT2D eigenvalue weighted by Gasteiger charge is -2.14. The summed E-state index contributed by atoms with van der Waals surface area (Å²) in [7, 11) is 1.49. The van der Waals surface area contributed by atoms with Gasteiger partial charge in [0.1, 0.15) is 6.61 Å². The van der Waals surface area contributed by atoms with E-state index < -0.39 is 30.1 Å². The van der Waals surface area contributed by atoms with Crippen molar-refractivity contribution in [2.24, 2.45) is 0 Å². The highest BCUT2D eigenvalue weighted by atomic mass is 19.4. The van der Waals surface area contributed by atoms with Crippen LogP contribution in [0.4, 0.5) is 43.9 Å². The Morgan fingerprint density at radius 1 is 0.824 bits per heavy atom. The molecule has 0 fully saturated rings. The third kappa shape index (κ3) is 6.94. The first-order chi connectivity index (χ1) is 16.1. The molecule has 0 amide bonds. The summed E-state index contributed by atoms with van der Waals surface area (Å²) in [5.74, 6) is -0.0608. The molecule has 34 heavy (non-hydrogen) atoms. The van der Waals surface area contributed by atoms with Gasteiger partial charge in [0.25, 0.3) is 0 Å². The molecule has 0 aliphatic carbocycles. The van der Waals surface area contributed by atoms with Gasteiger partial charge in [0.15, 0.2) is 0 Å². The summed E-state index contributed by atoms with van der Waals surface area (Å²) < 4.78 is 88.3. The molecule has 13 heteroatoms. The molecule has 0 radical (unpaired) electrons. The molecule has 7 nitrogen and oxygen atoms in total. The normalized spacial score (nSPS) is 11.9. The van der Waals surface area contributed by atoms with Gasteiger partial charge in [-0.1, -0.05) is 18.2 Å². The Labute approximate surface area is 190 Å². The van der Waals surface area contributed by atoms with E-state index in [1.54, 1.807) is 0 Å². The molecule has 0 aliphatic heterocycles. The standard InChI is InChI=1S/C21H19F6N5O2/c1-33-11-10-28-17-30-18(29-15-8-6-14(7-9-15)20(22,23)24)32-19(31-17)34-12-13-4-2-3-5-16(13)21(25,26)27/h2-9H,10-12H2,1H3,(H2,28,29,30,31,32). The molecule has 2 N–H and O–H groups in total. The molecule has 1 heterocycles. The molecule has 0 saturated carbocycles. The number of aromatic nitrogens is 3. The van der Waals surface area contributed by atoms with Crippen molar-refractivity contribution in [1.82, 2.24) is 15.0 Å². The van der Waals surface area contributed by atoms with E-state index in [1.807, 2.05) is 0 Å². The van der Waals surface area contributed by atoms with Crippen LogP contribution in [0.25, 0.3) is 0 Å². The van der Waals surface area contributed by atoms with Gasteiger partial charge in [-0.05, 0) is 30.3 Å². The van der Waals surface area contributed by atoms with Gasteiger partial charge in [-0.15, -0.1) is 0 Å². The van der Waals surface area contributed by atoms with Crippen LogP contribution in [0.15, 0.2) is 48.5 Å². The van der Waals surface area contributed by atoms with Crippen LogP contribution in [0, 0.1) is 0 Å². The number of nitrogens with one attached hydrogen (secondary N) is 2. The van der Waals surface area contributed by atoms with Crippen molar-refractivity contribution in [3.63, 3.8) is 0 Å². The fraction of sp³-hybridized carbons (Fsp3) is 0.286. The molecule has 0 bridgehead atoms. The van der Waals surface area contributed by atoms with Crippen molar-refractivity contribution in [2.45, 2.75) is 19.0 Å². The molecular formula is C21H19F6N5O2. The summed E-state index contributed by atoms with van der Waals surface area (Å²) in [6, 6.07) is 8.75. The molecule has 0 spiro atoms. The quantitative estimate of drug-likeness (QED) is 0.314. The second kappa shape index (κ2) is 10.5. The average Bonchev–Trinajstić information content (AvgIpc) is 2.77. The van der Waals surface area contributed by atoms with Crippen molar-refractivity contribution in [1.29, 1.82) is 0 Å². The van der Waals surface area contributed by atoms with Crippen molar-refractivity contribution >= 4 is 17.6 Å². The minimum atomic E-state index is -4.57. The van der Waals surface area contributed by atoms with Gasteiger partial charge in [0, 0.05) is 24.9 Å². The zero-order valence-corrected chi connectivity index (χ0v) is 17.7. The van der Waals surface area contributed by atoms with E-state index in [9.17, 15) is 26.3 Å². The monoisotopic (exact) mass is 487 g/mol. The summed E-state index contributed by atoms with van der Waals surface area (Å²) >= 11 is 0. The first-order valence-electron chi connectivity index (χ1n) is 9.77. The van der Waals surface area contributed by atoms with Crippen LogP contribution in [-0.4, -0.2) is 35.2 Å². The van der Waals surface area contributed by atoms with Crippen LogP contribution < -0.4 is 15.4 Å². The maximum absolute atomic E-state index is 13.2. The van der Waals surface area contributed by atoms with Crippen LogP contribution in [0.1, 0.15) is 16.7 Å². The topological polar surface area (TPSA) is 81.2 Å². The Bertz CT molecular complexity index is 1090. The van der Waals surface area contributed by atoms with Gasteiger partial charge >= 0.3 is 18.4 Å². The summed E-state index contributed by atoms with van der Waals surface area (Å²) in [4.78, 5) is 12.1. The minimum Gasteiger partial charge on any atom is -0.458 e. The summed E-state index contributed by atoms with van der Waals surface area (Å²) in [6.45, 7) is 0.135. The smallest absolute Gasteiger partial charge is 0.416 e. The van der Waals surface area contributed by atoms with Crippen molar-refractivity contribution in [3.8, 4) is 6.01 Å². The molecule has 0 saturated heterocycles. The van der Waals surface area contributed by atoms with Crippen LogP contribution in [0.3, 0.4) is 0 Å². The van der Waals surface area contributed by atoms with E-state index >= 15 is 0 Å². The Balaban J connectivity index is 1.82. The lowest BCUT2D eigenvalue weighted by atomic mass is 10.1. The molecule has 182 valence electrons. The number of methoxy groups -OCH3 is 1. The number of hydrogen-bond donors (Lipinski definition) is 2. The number of anilines is 3. The Morgan fingerprint density at radius 3 is 2.15 bits per heavy atom. The fourth-order valence-electron chi connectivity index (χ4n) is 2.76. The molecule has 3 aromatic rings. The maximum atomic E-state index is 13.2. The Kier molecular flexibility index (Phi) is 7.76. The molecule has 0 unspecified atom stereocenters. The summed E-state index contributed by atoms with van der Waals surface area (Å²) in [5.41, 5.74) is -1.56. The largest absolute Gasteiger partial charge is 0.458 e. The molecule has 1 aromatic heterocycles. The van der Waals surface area contributed by atoms with E-state index in [2.05, 4.69) is 25.6 Å². The van der Waals surface area contributed by atoms with Gasteiger partial charge < -0.3 is 20.1 Å². The van der Waals surface area contributed by atoms with E-state index in [0.717, 1.165) is 18.2 Å². The van der Waals surface area contributed by atoms with E-state index in [0.29, 0.717) is 13.2 Å². The van der Waals surface area contributed by atoms with E-state index in [1.165, 1.54) is 37.4 Å². The van der Waals surface area contributed by atoms with E-state index in [-0.39, 0.29) is 29.2 Å². The molecule has 0 atom stereocenters. The highest BCUT2D eigenvalue weighted by molar-refractivity contribution is 5.55. The molecule has 3 rings (SSSR count). The first-order valence-corrected chi connectivity index (χ1v) is 9.77. The van der Waals surface area contributed by atoms with Crippen molar-refractivity contribution in [2.75, 3.05) is 30.9 Å². The number of halogens is 6. The van der Waals surface area contributed by atoms with E-state index in [4.69, 9.17) is 9.47 Å². The van der Waals surface area contributed by atoms with Crippen molar-refractivity contribution < 1.29 is 35.8 Å². The molecule has 2 aromatic carbocycles.